The van der Waals surface area contributed by atoms with Crippen LogP contribution in [0.1, 0.15) is 46.0 Å². The Morgan fingerprint density at radius 1 is 1.16 bits per heavy atom. The monoisotopic (exact) mass is 269 g/mol. The number of nitrogens with two attached hydrogens (primary N) is 1. The number of amides is 2. The number of hydrogen-bond donors (Lipinski definition) is 2. The highest BCUT2D eigenvalue weighted by Crippen LogP contribution is 2.23. The molecule has 0 heterocycles. The molecule has 5 nitrogen and oxygen atoms in total. The van der Waals surface area contributed by atoms with Crippen molar-refractivity contribution in [3.05, 3.63) is 0 Å². The maximum Gasteiger partial charge on any atom is 0.224 e. The van der Waals surface area contributed by atoms with Gasteiger partial charge in [-0.15, -0.1) is 0 Å². The maximum absolute atomic E-state index is 11.9. The standard InChI is InChI=1S/C14H27N3O2/c1-3-17(4-2)13(18)9-10-16-14(19)11-5-7-12(15)8-6-11/h11-12H,3-10,15H2,1-2H3,(H,16,19). The smallest absolute Gasteiger partial charge is 0.224 e. The number of rotatable bonds is 6. The number of carbonyl (C=O) groups is 2. The van der Waals surface area contributed by atoms with Crippen molar-refractivity contribution in [2.24, 2.45) is 11.7 Å². The minimum Gasteiger partial charge on any atom is -0.355 e. The quantitative estimate of drug-likeness (QED) is 0.751. The van der Waals surface area contributed by atoms with Crippen LogP contribution in [0, 0.1) is 5.92 Å². The van der Waals surface area contributed by atoms with E-state index in [2.05, 4.69) is 5.32 Å². The SMILES string of the molecule is CCN(CC)C(=O)CCNC(=O)C1CCC(N)CC1. The van der Waals surface area contributed by atoms with Crippen LogP contribution < -0.4 is 11.1 Å². The zero-order chi connectivity index (χ0) is 14.3. The van der Waals surface area contributed by atoms with Gasteiger partial charge >= 0.3 is 0 Å². The summed E-state index contributed by atoms with van der Waals surface area (Å²) in [5.74, 6) is 0.276. The van der Waals surface area contributed by atoms with Gasteiger partial charge in [0.05, 0.1) is 0 Å². The van der Waals surface area contributed by atoms with Gasteiger partial charge in [0.1, 0.15) is 0 Å². The Morgan fingerprint density at radius 2 is 1.74 bits per heavy atom. The van der Waals surface area contributed by atoms with Gasteiger partial charge in [-0.25, -0.2) is 0 Å². The van der Waals surface area contributed by atoms with Gasteiger partial charge in [0, 0.05) is 38.0 Å². The third kappa shape index (κ3) is 5.19. The molecule has 1 aliphatic rings. The van der Waals surface area contributed by atoms with Gasteiger partial charge in [0.2, 0.25) is 11.8 Å². The Kier molecular flexibility index (Phi) is 6.84. The zero-order valence-corrected chi connectivity index (χ0v) is 12.2. The first-order valence-electron chi connectivity index (χ1n) is 7.39. The average molecular weight is 269 g/mol. The van der Waals surface area contributed by atoms with Crippen molar-refractivity contribution < 1.29 is 9.59 Å². The van der Waals surface area contributed by atoms with Crippen LogP contribution in [0.3, 0.4) is 0 Å². The molecule has 0 unspecified atom stereocenters. The van der Waals surface area contributed by atoms with Gasteiger partial charge in [-0.2, -0.15) is 0 Å². The lowest BCUT2D eigenvalue weighted by Crippen LogP contribution is -2.38. The van der Waals surface area contributed by atoms with E-state index in [0.717, 1.165) is 38.8 Å². The molecule has 0 saturated heterocycles. The molecule has 0 aromatic carbocycles. The van der Waals surface area contributed by atoms with Gasteiger partial charge in [-0.1, -0.05) is 0 Å². The Hall–Kier alpha value is -1.10. The van der Waals surface area contributed by atoms with Gasteiger partial charge in [-0.05, 0) is 39.5 Å². The largest absolute Gasteiger partial charge is 0.355 e. The van der Waals surface area contributed by atoms with Crippen molar-refractivity contribution in [1.82, 2.24) is 10.2 Å². The van der Waals surface area contributed by atoms with E-state index < -0.39 is 0 Å². The van der Waals surface area contributed by atoms with Crippen LogP contribution in [0.5, 0.6) is 0 Å². The molecule has 3 N–H and O–H groups in total. The van der Waals surface area contributed by atoms with E-state index in [-0.39, 0.29) is 23.8 Å². The minimum atomic E-state index is 0.0826. The summed E-state index contributed by atoms with van der Waals surface area (Å²) in [5.41, 5.74) is 5.82. The normalized spacial score (nSPS) is 22.9. The van der Waals surface area contributed by atoms with Crippen molar-refractivity contribution in [3.8, 4) is 0 Å². The molecule has 0 atom stereocenters. The van der Waals surface area contributed by atoms with Crippen molar-refractivity contribution in [1.29, 1.82) is 0 Å². The van der Waals surface area contributed by atoms with Crippen LogP contribution in [0.25, 0.3) is 0 Å². The van der Waals surface area contributed by atoms with Crippen LogP contribution in [0.15, 0.2) is 0 Å². The van der Waals surface area contributed by atoms with Gasteiger partial charge in [0.25, 0.3) is 0 Å². The predicted molar refractivity (Wildman–Crippen MR) is 75.5 cm³/mol. The number of carbonyl (C=O) groups excluding carboxylic acids is 2. The molecule has 0 aliphatic heterocycles. The Balaban J connectivity index is 2.21. The van der Waals surface area contributed by atoms with E-state index in [1.165, 1.54) is 0 Å². The second-order valence-corrected chi connectivity index (χ2v) is 5.22. The summed E-state index contributed by atoms with van der Waals surface area (Å²) in [6, 6.07) is 0.258. The van der Waals surface area contributed by atoms with Crippen LogP contribution in [0.2, 0.25) is 0 Å². The molecule has 5 heteroatoms. The van der Waals surface area contributed by atoms with Gasteiger partial charge in [-0.3, -0.25) is 9.59 Å². The summed E-state index contributed by atoms with van der Waals surface area (Å²) < 4.78 is 0. The zero-order valence-electron chi connectivity index (χ0n) is 12.2. The van der Waals surface area contributed by atoms with E-state index in [9.17, 15) is 9.59 Å². The first-order chi connectivity index (χ1) is 9.08. The Labute approximate surface area is 115 Å². The molecule has 1 fully saturated rings. The summed E-state index contributed by atoms with van der Waals surface area (Å²) in [7, 11) is 0. The van der Waals surface area contributed by atoms with Crippen molar-refractivity contribution >= 4 is 11.8 Å². The molecule has 1 saturated carbocycles. The molecule has 0 aromatic rings. The molecular formula is C14H27N3O2. The van der Waals surface area contributed by atoms with Crippen LogP contribution in [-0.4, -0.2) is 42.4 Å². The van der Waals surface area contributed by atoms with Gasteiger partial charge < -0.3 is 16.0 Å². The first kappa shape index (κ1) is 16.0. The molecular weight excluding hydrogens is 242 g/mol. The summed E-state index contributed by atoms with van der Waals surface area (Å²) in [4.78, 5) is 25.5. The molecule has 0 radical (unpaired) electrons. The number of nitrogens with zero attached hydrogens (tertiary/aromatic N) is 1. The fourth-order valence-electron chi connectivity index (χ4n) is 2.55. The second kappa shape index (κ2) is 8.15. The summed E-state index contributed by atoms with van der Waals surface area (Å²) in [6.45, 7) is 5.82. The van der Waals surface area contributed by atoms with E-state index >= 15 is 0 Å². The highest BCUT2D eigenvalue weighted by molar-refractivity contribution is 5.80. The predicted octanol–water partition coefficient (Wildman–Crippen LogP) is 0.879. The van der Waals surface area contributed by atoms with Crippen LogP contribution >= 0.6 is 0 Å². The topological polar surface area (TPSA) is 75.4 Å². The highest BCUT2D eigenvalue weighted by atomic mass is 16.2. The third-order valence-electron chi connectivity index (χ3n) is 3.90. The van der Waals surface area contributed by atoms with Crippen molar-refractivity contribution in [3.63, 3.8) is 0 Å². The van der Waals surface area contributed by atoms with Crippen LogP contribution in [-0.2, 0) is 9.59 Å². The lowest BCUT2D eigenvalue weighted by Gasteiger charge is -2.25. The minimum absolute atomic E-state index is 0.0826. The van der Waals surface area contributed by atoms with E-state index in [0.29, 0.717) is 13.0 Å². The van der Waals surface area contributed by atoms with E-state index in [1.54, 1.807) is 4.90 Å². The Bertz CT molecular complexity index is 295. The summed E-state index contributed by atoms with van der Waals surface area (Å²) >= 11 is 0. The second-order valence-electron chi connectivity index (χ2n) is 5.22. The fraction of sp³-hybridized carbons (Fsp3) is 0.857. The Morgan fingerprint density at radius 3 is 2.26 bits per heavy atom. The first-order valence-corrected chi connectivity index (χ1v) is 7.39. The molecule has 0 aromatic heterocycles. The summed E-state index contributed by atoms with van der Waals surface area (Å²) in [5, 5.41) is 2.87. The highest BCUT2D eigenvalue weighted by Gasteiger charge is 2.24. The third-order valence-corrected chi connectivity index (χ3v) is 3.90. The lowest BCUT2D eigenvalue weighted by atomic mass is 9.86. The average Bonchev–Trinajstić information content (AvgIpc) is 2.40. The molecule has 110 valence electrons. The maximum atomic E-state index is 11.9. The van der Waals surface area contributed by atoms with E-state index in [4.69, 9.17) is 5.73 Å². The number of nitrogens with one attached hydrogen (secondary N) is 1. The molecule has 0 spiro atoms. The van der Waals surface area contributed by atoms with Crippen molar-refractivity contribution in [2.75, 3.05) is 19.6 Å². The number of hydrogen-bond acceptors (Lipinski definition) is 3. The van der Waals surface area contributed by atoms with E-state index in [1.807, 2.05) is 13.8 Å². The van der Waals surface area contributed by atoms with Gasteiger partial charge in [0.15, 0.2) is 0 Å². The molecule has 19 heavy (non-hydrogen) atoms. The summed E-state index contributed by atoms with van der Waals surface area (Å²) in [6.07, 6.45) is 3.99. The van der Waals surface area contributed by atoms with Crippen LogP contribution in [0.4, 0.5) is 0 Å². The molecule has 1 aliphatic carbocycles. The molecule has 0 bridgehead atoms. The van der Waals surface area contributed by atoms with Crippen molar-refractivity contribution in [2.45, 2.75) is 52.0 Å². The lowest BCUT2D eigenvalue weighted by molar-refractivity contribution is -0.131. The molecule has 2 amide bonds. The fourth-order valence-corrected chi connectivity index (χ4v) is 2.55. The molecule has 1 rings (SSSR count).